The molecule has 0 bridgehead atoms. The first-order valence-corrected chi connectivity index (χ1v) is 13.1. The summed E-state index contributed by atoms with van der Waals surface area (Å²) < 4.78 is 0.377. The van der Waals surface area contributed by atoms with Gasteiger partial charge in [-0.2, -0.15) is 0 Å². The molecule has 186 valence electrons. The van der Waals surface area contributed by atoms with Crippen molar-refractivity contribution in [2.75, 3.05) is 28.2 Å². The number of hydrogen-bond donors (Lipinski definition) is 2. The second kappa shape index (κ2) is 8.22. The van der Waals surface area contributed by atoms with Crippen molar-refractivity contribution < 1.29 is 39.0 Å². The normalized spacial score (nSPS) is 20.4. The monoisotopic (exact) mass is 566 g/mol. The van der Waals surface area contributed by atoms with E-state index >= 15 is 0 Å². The zero-order valence-electron chi connectivity index (χ0n) is 18.8. The Hall–Kier alpha value is -3.08. The molecule has 16 heteroatoms. The SMILES string of the molecule is CN1C(=O)C(=C2Sc3c(O)c4c(c(O)c3S2)SC(=C2C(=O)N(C)C(=O)N(C)C2=O)S4)C(=O)N(C)C1=O. The number of nitrogens with zero attached hydrogens (tertiary/aromatic N) is 4. The van der Waals surface area contributed by atoms with Gasteiger partial charge in [0.05, 0.1) is 28.1 Å². The second-order valence-corrected chi connectivity index (χ2v) is 12.4. The lowest BCUT2D eigenvalue weighted by Crippen LogP contribution is -2.53. The molecular formula is C20H14N4O8S4. The van der Waals surface area contributed by atoms with Crippen molar-refractivity contribution in [1.82, 2.24) is 19.6 Å². The Labute approximate surface area is 219 Å². The molecule has 1 aromatic carbocycles. The highest BCUT2D eigenvalue weighted by Crippen LogP contribution is 2.68. The zero-order chi connectivity index (χ0) is 26.4. The number of urea groups is 2. The number of benzene rings is 1. The van der Waals surface area contributed by atoms with Gasteiger partial charge in [0.1, 0.15) is 22.6 Å². The topological polar surface area (TPSA) is 156 Å². The van der Waals surface area contributed by atoms with Crippen LogP contribution in [0.2, 0.25) is 0 Å². The number of hydrogen-bond acceptors (Lipinski definition) is 12. The first-order valence-electron chi connectivity index (χ1n) is 9.88. The van der Waals surface area contributed by atoms with E-state index in [2.05, 4.69) is 0 Å². The van der Waals surface area contributed by atoms with Crippen LogP contribution in [0, 0.1) is 0 Å². The number of rotatable bonds is 0. The number of likely N-dealkylation sites (N-methyl/N-ethyl adjacent to an activating group) is 4. The van der Waals surface area contributed by atoms with E-state index in [9.17, 15) is 39.0 Å². The molecule has 0 saturated carbocycles. The van der Waals surface area contributed by atoms with Crippen molar-refractivity contribution >= 4 is 82.7 Å². The number of thioether (sulfide) groups is 4. The number of aromatic hydroxyl groups is 2. The van der Waals surface area contributed by atoms with Crippen molar-refractivity contribution in [3.05, 3.63) is 19.6 Å². The van der Waals surface area contributed by atoms with E-state index in [4.69, 9.17) is 0 Å². The molecule has 4 aliphatic rings. The molecule has 2 fully saturated rings. The minimum atomic E-state index is -0.801. The molecule has 5 rings (SSSR count). The zero-order valence-corrected chi connectivity index (χ0v) is 22.0. The van der Waals surface area contributed by atoms with Gasteiger partial charge in [-0.1, -0.05) is 47.0 Å². The Morgan fingerprint density at radius 1 is 0.472 bits per heavy atom. The third-order valence-electron chi connectivity index (χ3n) is 5.68. The molecule has 0 spiro atoms. The molecule has 0 atom stereocenters. The summed E-state index contributed by atoms with van der Waals surface area (Å²) in [5.74, 6) is -3.73. The Bertz CT molecular complexity index is 1250. The molecule has 12 nitrogen and oxygen atoms in total. The highest BCUT2D eigenvalue weighted by molar-refractivity contribution is 8.26. The van der Waals surface area contributed by atoms with Gasteiger partial charge in [0.25, 0.3) is 23.6 Å². The number of carbonyl (C=O) groups excluding carboxylic acids is 6. The van der Waals surface area contributed by atoms with Gasteiger partial charge in [0, 0.05) is 28.2 Å². The summed E-state index contributed by atoms with van der Waals surface area (Å²) in [5.41, 5.74) is -0.524. The van der Waals surface area contributed by atoms with Crippen molar-refractivity contribution in [3.8, 4) is 11.5 Å². The predicted octanol–water partition coefficient (Wildman–Crippen LogP) is 2.02. The molecule has 8 amide bonds. The first-order chi connectivity index (χ1) is 16.9. The van der Waals surface area contributed by atoms with Gasteiger partial charge in [-0.05, 0) is 0 Å². The average molecular weight is 567 g/mol. The number of phenols is 2. The third kappa shape index (κ3) is 3.21. The Morgan fingerprint density at radius 2 is 0.694 bits per heavy atom. The fourth-order valence-electron chi connectivity index (χ4n) is 3.63. The Balaban J connectivity index is 1.57. The lowest BCUT2D eigenvalue weighted by Gasteiger charge is -2.29. The van der Waals surface area contributed by atoms with Crippen LogP contribution in [0.3, 0.4) is 0 Å². The summed E-state index contributed by atoms with van der Waals surface area (Å²) in [6.45, 7) is 0. The van der Waals surface area contributed by atoms with E-state index in [1.165, 1.54) is 28.2 Å². The van der Waals surface area contributed by atoms with E-state index in [-0.39, 0.29) is 50.7 Å². The van der Waals surface area contributed by atoms with Crippen LogP contribution in [0.15, 0.2) is 39.2 Å². The standard InChI is InChI=1S/C20H14N4O8S4/c1-21-13(27)5(14(28)22(2)19(21)31)17-33-9-7(25)11-12(8(26)10(9)34-17)36-18(35-11)6-15(29)23(3)20(32)24(4)16(6)30/h25-26H,1-4H3. The van der Waals surface area contributed by atoms with E-state index < -0.39 is 35.7 Å². The molecule has 4 heterocycles. The van der Waals surface area contributed by atoms with Gasteiger partial charge in [-0.15, -0.1) is 0 Å². The largest absolute Gasteiger partial charge is 0.505 e. The van der Waals surface area contributed by atoms with E-state index in [1.807, 2.05) is 0 Å². The lowest BCUT2D eigenvalue weighted by atomic mass is 10.2. The number of amides is 8. The molecule has 0 unspecified atom stereocenters. The van der Waals surface area contributed by atoms with Crippen molar-refractivity contribution in [1.29, 1.82) is 0 Å². The summed E-state index contributed by atoms with van der Waals surface area (Å²) in [5, 5.41) is 22.1. The number of fused-ring (bicyclic) bond motifs is 2. The van der Waals surface area contributed by atoms with E-state index in [0.717, 1.165) is 66.6 Å². The quantitative estimate of drug-likeness (QED) is 0.268. The van der Waals surface area contributed by atoms with Crippen molar-refractivity contribution in [2.24, 2.45) is 0 Å². The molecule has 0 radical (unpaired) electrons. The maximum Gasteiger partial charge on any atom is 0.333 e. The smallest absolute Gasteiger partial charge is 0.333 e. The molecule has 36 heavy (non-hydrogen) atoms. The minimum Gasteiger partial charge on any atom is -0.505 e. The maximum atomic E-state index is 12.7. The summed E-state index contributed by atoms with van der Waals surface area (Å²) in [7, 11) is 4.97. The minimum absolute atomic E-state index is 0.187. The molecule has 2 saturated heterocycles. The van der Waals surface area contributed by atoms with Crippen LogP contribution in [0.4, 0.5) is 9.59 Å². The second-order valence-electron chi connectivity index (χ2n) is 7.77. The van der Waals surface area contributed by atoms with Gasteiger partial charge in [-0.3, -0.25) is 38.8 Å². The van der Waals surface area contributed by atoms with Crippen LogP contribution in [0.25, 0.3) is 0 Å². The molecule has 0 aromatic heterocycles. The molecule has 0 aliphatic carbocycles. The number of barbiturate groups is 2. The third-order valence-corrected chi connectivity index (χ3v) is 10.9. The van der Waals surface area contributed by atoms with Gasteiger partial charge in [0.15, 0.2) is 0 Å². The highest BCUT2D eigenvalue weighted by atomic mass is 32.2. The van der Waals surface area contributed by atoms with Crippen LogP contribution < -0.4 is 0 Å². The summed E-state index contributed by atoms with van der Waals surface area (Å²) in [6, 6.07) is -1.55. The molecule has 1 aromatic rings. The van der Waals surface area contributed by atoms with Crippen molar-refractivity contribution in [2.45, 2.75) is 19.6 Å². The number of imide groups is 4. The van der Waals surface area contributed by atoms with Gasteiger partial charge >= 0.3 is 12.1 Å². The van der Waals surface area contributed by atoms with Crippen LogP contribution in [0.1, 0.15) is 0 Å². The Morgan fingerprint density at radius 3 is 0.917 bits per heavy atom. The van der Waals surface area contributed by atoms with E-state index in [0.29, 0.717) is 0 Å². The number of carbonyl (C=O) groups is 6. The summed E-state index contributed by atoms with van der Waals surface area (Å²) in [6.07, 6.45) is 0. The van der Waals surface area contributed by atoms with Gasteiger partial charge < -0.3 is 10.2 Å². The highest BCUT2D eigenvalue weighted by Gasteiger charge is 2.46. The van der Waals surface area contributed by atoms with Gasteiger partial charge in [-0.25, -0.2) is 9.59 Å². The lowest BCUT2D eigenvalue weighted by molar-refractivity contribution is -0.136. The van der Waals surface area contributed by atoms with Gasteiger partial charge in [0.2, 0.25) is 0 Å². The van der Waals surface area contributed by atoms with Crippen LogP contribution >= 0.6 is 47.0 Å². The average Bonchev–Trinajstić information content (AvgIpc) is 3.49. The first kappa shape index (κ1) is 24.6. The van der Waals surface area contributed by atoms with Crippen LogP contribution in [-0.4, -0.2) is 93.7 Å². The summed E-state index contributed by atoms with van der Waals surface area (Å²) in [4.78, 5) is 78.8. The molecule has 2 N–H and O–H groups in total. The van der Waals surface area contributed by atoms with E-state index in [1.54, 1.807) is 0 Å². The molecule has 4 aliphatic heterocycles. The summed E-state index contributed by atoms with van der Waals surface area (Å²) >= 11 is 3.58. The maximum absolute atomic E-state index is 12.7. The predicted molar refractivity (Wildman–Crippen MR) is 129 cm³/mol. The van der Waals surface area contributed by atoms with Crippen molar-refractivity contribution in [3.63, 3.8) is 0 Å². The van der Waals surface area contributed by atoms with Crippen LogP contribution in [0.5, 0.6) is 11.5 Å². The Kier molecular flexibility index (Phi) is 5.62. The molecular weight excluding hydrogens is 553 g/mol. The fourth-order valence-corrected chi connectivity index (χ4v) is 9.00. The number of phenolic OH excluding ortho intramolecular Hbond substituents is 2. The fraction of sp³-hybridized carbons (Fsp3) is 0.200. The van der Waals surface area contributed by atoms with Crippen LogP contribution in [-0.2, 0) is 19.2 Å².